The monoisotopic (exact) mass is 431 g/mol. The maximum Gasteiger partial charge on any atom is 0.340 e. The Balaban J connectivity index is 1.98. The van der Waals surface area contributed by atoms with E-state index in [2.05, 4.69) is 0 Å². The number of ether oxygens (including phenoxy) is 1. The summed E-state index contributed by atoms with van der Waals surface area (Å²) in [6, 6.07) is 15.5. The standard InChI is InChI=1S/C24H17NO3S2/c1-2-28-24(27)21-19-8-7-15-5-3-4-6-18(15)25(19)22(20(21)16-9-11-29-13-16)23(26)17-10-12-30-14-17/h3-14H,2H2,1H3. The zero-order valence-corrected chi connectivity index (χ0v) is 17.8. The summed E-state index contributed by atoms with van der Waals surface area (Å²) in [6.45, 7) is 2.05. The van der Waals surface area contributed by atoms with Crippen LogP contribution in [0.15, 0.2) is 70.1 Å². The molecule has 0 atom stereocenters. The predicted molar refractivity (Wildman–Crippen MR) is 122 cm³/mol. The fraction of sp³-hybridized carbons (Fsp3) is 0.0833. The second kappa shape index (κ2) is 7.55. The van der Waals surface area contributed by atoms with Crippen LogP contribution in [0.4, 0.5) is 0 Å². The van der Waals surface area contributed by atoms with E-state index in [9.17, 15) is 9.59 Å². The largest absolute Gasteiger partial charge is 0.462 e. The van der Waals surface area contributed by atoms with E-state index < -0.39 is 5.97 Å². The molecular weight excluding hydrogens is 414 g/mol. The van der Waals surface area contributed by atoms with Gasteiger partial charge in [0.15, 0.2) is 0 Å². The quantitative estimate of drug-likeness (QED) is 0.243. The molecule has 4 nitrogen and oxygen atoms in total. The molecule has 6 heteroatoms. The highest BCUT2D eigenvalue weighted by Crippen LogP contribution is 2.38. The molecule has 0 saturated carbocycles. The highest BCUT2D eigenvalue weighted by Gasteiger charge is 2.30. The minimum absolute atomic E-state index is 0.112. The molecule has 5 rings (SSSR count). The molecule has 0 fully saturated rings. The average molecular weight is 432 g/mol. The van der Waals surface area contributed by atoms with Gasteiger partial charge in [0.05, 0.1) is 23.2 Å². The lowest BCUT2D eigenvalue weighted by Gasteiger charge is -2.08. The Kier molecular flexibility index (Phi) is 4.73. The summed E-state index contributed by atoms with van der Waals surface area (Å²) in [6.07, 6.45) is 0. The lowest BCUT2D eigenvalue weighted by molar-refractivity contribution is 0.0529. The van der Waals surface area contributed by atoms with Crippen LogP contribution in [0.25, 0.3) is 27.5 Å². The van der Waals surface area contributed by atoms with Crippen LogP contribution in [0.2, 0.25) is 0 Å². The highest BCUT2D eigenvalue weighted by molar-refractivity contribution is 7.08. The lowest BCUT2D eigenvalue weighted by atomic mass is 9.99. The van der Waals surface area contributed by atoms with Gasteiger partial charge < -0.3 is 9.14 Å². The van der Waals surface area contributed by atoms with Gasteiger partial charge in [0.25, 0.3) is 0 Å². The third kappa shape index (κ3) is 2.88. The molecule has 0 unspecified atom stereocenters. The van der Waals surface area contributed by atoms with Crippen molar-refractivity contribution in [2.45, 2.75) is 6.92 Å². The number of rotatable bonds is 5. The summed E-state index contributed by atoms with van der Waals surface area (Å²) in [5.74, 6) is -0.532. The molecule has 148 valence electrons. The molecule has 0 saturated heterocycles. The summed E-state index contributed by atoms with van der Waals surface area (Å²) in [5, 5.41) is 8.63. The zero-order valence-electron chi connectivity index (χ0n) is 16.1. The van der Waals surface area contributed by atoms with E-state index in [1.807, 2.05) is 74.5 Å². The number of para-hydroxylation sites is 1. The molecule has 0 spiro atoms. The second-order valence-corrected chi connectivity index (χ2v) is 8.35. The van der Waals surface area contributed by atoms with Gasteiger partial charge in [0.1, 0.15) is 5.69 Å². The Morgan fingerprint density at radius 2 is 1.73 bits per heavy atom. The number of hydrogen-bond acceptors (Lipinski definition) is 5. The number of nitrogens with zero attached hydrogens (tertiary/aromatic N) is 1. The molecule has 0 bridgehead atoms. The number of thiophene rings is 2. The third-order valence-corrected chi connectivity index (χ3v) is 6.46. The third-order valence-electron chi connectivity index (χ3n) is 5.09. The van der Waals surface area contributed by atoms with E-state index in [0.29, 0.717) is 27.9 Å². The van der Waals surface area contributed by atoms with Crippen molar-refractivity contribution in [3.05, 3.63) is 86.9 Å². The van der Waals surface area contributed by atoms with Crippen LogP contribution in [0.3, 0.4) is 0 Å². The number of hydrogen-bond donors (Lipinski definition) is 0. The molecule has 4 heterocycles. The van der Waals surface area contributed by atoms with Gasteiger partial charge in [0, 0.05) is 16.5 Å². The van der Waals surface area contributed by atoms with E-state index in [0.717, 1.165) is 16.5 Å². The van der Waals surface area contributed by atoms with Gasteiger partial charge in [-0.2, -0.15) is 22.7 Å². The summed E-state index contributed by atoms with van der Waals surface area (Å²) in [5.41, 5.74) is 4.55. The molecular formula is C24H17NO3S2. The number of carbonyl (C=O) groups is 2. The predicted octanol–water partition coefficient (Wildman–Crippen LogP) is 6.29. The van der Waals surface area contributed by atoms with Gasteiger partial charge in [-0.1, -0.05) is 24.3 Å². The molecule has 5 aromatic rings. The minimum atomic E-state index is -0.421. The van der Waals surface area contributed by atoms with Crippen LogP contribution >= 0.6 is 22.7 Å². The van der Waals surface area contributed by atoms with E-state index in [1.165, 1.54) is 22.7 Å². The zero-order chi connectivity index (χ0) is 20.7. The Hall–Kier alpha value is -3.22. The van der Waals surface area contributed by atoms with Gasteiger partial charge in [-0.3, -0.25) is 4.79 Å². The molecule has 0 amide bonds. The molecule has 0 radical (unpaired) electrons. The van der Waals surface area contributed by atoms with Crippen molar-refractivity contribution >= 4 is 50.8 Å². The van der Waals surface area contributed by atoms with E-state index >= 15 is 0 Å². The van der Waals surface area contributed by atoms with Gasteiger partial charge >= 0.3 is 5.97 Å². The Labute approximate surface area is 181 Å². The average Bonchev–Trinajstić information content (AvgIpc) is 3.52. The van der Waals surface area contributed by atoms with Crippen LogP contribution in [0, 0.1) is 0 Å². The Morgan fingerprint density at radius 1 is 0.933 bits per heavy atom. The van der Waals surface area contributed by atoms with Crippen molar-refractivity contribution in [2.24, 2.45) is 0 Å². The number of carbonyl (C=O) groups excluding carboxylic acids is 2. The summed E-state index contributed by atoms with van der Waals surface area (Å²) >= 11 is 3.01. The normalized spacial score (nSPS) is 11.2. The number of aromatic nitrogens is 1. The van der Waals surface area contributed by atoms with E-state index in [1.54, 1.807) is 6.92 Å². The Bertz CT molecular complexity index is 1380. The van der Waals surface area contributed by atoms with Crippen molar-refractivity contribution in [1.82, 2.24) is 4.40 Å². The molecule has 0 aliphatic heterocycles. The lowest BCUT2D eigenvalue weighted by Crippen LogP contribution is -2.07. The first-order valence-electron chi connectivity index (χ1n) is 9.53. The topological polar surface area (TPSA) is 47.8 Å². The van der Waals surface area contributed by atoms with Crippen molar-refractivity contribution < 1.29 is 14.3 Å². The molecule has 0 aliphatic rings. The summed E-state index contributed by atoms with van der Waals surface area (Å²) in [4.78, 5) is 26.8. The van der Waals surface area contributed by atoms with Crippen molar-refractivity contribution in [1.29, 1.82) is 0 Å². The van der Waals surface area contributed by atoms with E-state index in [-0.39, 0.29) is 12.4 Å². The molecule has 1 aromatic carbocycles. The summed E-state index contributed by atoms with van der Waals surface area (Å²) < 4.78 is 7.32. The van der Waals surface area contributed by atoms with Gasteiger partial charge in [-0.15, -0.1) is 0 Å². The van der Waals surface area contributed by atoms with Crippen molar-refractivity contribution in [2.75, 3.05) is 6.61 Å². The van der Waals surface area contributed by atoms with Crippen molar-refractivity contribution in [3.63, 3.8) is 0 Å². The molecule has 30 heavy (non-hydrogen) atoms. The fourth-order valence-electron chi connectivity index (χ4n) is 3.84. The highest BCUT2D eigenvalue weighted by atomic mass is 32.1. The number of benzene rings is 1. The molecule has 4 aromatic heterocycles. The van der Waals surface area contributed by atoms with Crippen LogP contribution in [-0.2, 0) is 4.74 Å². The van der Waals surface area contributed by atoms with Crippen LogP contribution in [0.1, 0.15) is 33.3 Å². The van der Waals surface area contributed by atoms with Gasteiger partial charge in [0.2, 0.25) is 5.78 Å². The first kappa shape index (κ1) is 18.8. The van der Waals surface area contributed by atoms with E-state index in [4.69, 9.17) is 4.74 Å². The smallest absolute Gasteiger partial charge is 0.340 e. The second-order valence-electron chi connectivity index (χ2n) is 6.79. The SMILES string of the molecule is CCOC(=O)c1c(-c2ccsc2)c(C(=O)c2ccsc2)n2c1ccc1ccccc12. The van der Waals surface area contributed by atoms with Crippen LogP contribution in [-0.4, -0.2) is 22.8 Å². The summed E-state index contributed by atoms with van der Waals surface area (Å²) in [7, 11) is 0. The van der Waals surface area contributed by atoms with Gasteiger partial charge in [-0.05, 0) is 58.3 Å². The fourth-order valence-corrected chi connectivity index (χ4v) is 5.13. The number of ketones is 1. The maximum absolute atomic E-state index is 13.7. The first-order chi connectivity index (χ1) is 14.7. The van der Waals surface area contributed by atoms with Crippen LogP contribution in [0.5, 0.6) is 0 Å². The first-order valence-corrected chi connectivity index (χ1v) is 11.4. The number of esters is 1. The van der Waals surface area contributed by atoms with Gasteiger partial charge in [-0.25, -0.2) is 4.79 Å². The Morgan fingerprint density at radius 3 is 2.47 bits per heavy atom. The van der Waals surface area contributed by atoms with Crippen molar-refractivity contribution in [3.8, 4) is 11.1 Å². The van der Waals surface area contributed by atoms with Crippen LogP contribution < -0.4 is 0 Å². The molecule has 0 N–H and O–H groups in total. The number of pyridine rings is 1. The number of fused-ring (bicyclic) bond motifs is 3. The minimum Gasteiger partial charge on any atom is -0.462 e. The maximum atomic E-state index is 13.7. The molecule has 0 aliphatic carbocycles.